The molecule has 1 rings (SSSR count). The van der Waals surface area contributed by atoms with Gasteiger partial charge in [0.2, 0.25) is 0 Å². The van der Waals surface area contributed by atoms with Crippen LogP contribution in [0, 0.1) is 5.41 Å². The maximum Gasteiger partial charge on any atom is 0.132 e. The molecule has 17 heavy (non-hydrogen) atoms. The molecular weight excluding hydrogens is 216 g/mol. The minimum absolute atomic E-state index is 0.0236. The number of hydrogen-bond donors (Lipinski definition) is 2. The largest absolute Gasteiger partial charge is 0.416 e. The Morgan fingerprint density at radius 1 is 1.71 bits per heavy atom. The summed E-state index contributed by atoms with van der Waals surface area (Å²) in [7, 11) is 1.93. The number of rotatable bonds is 5. The second kappa shape index (κ2) is 5.63. The van der Waals surface area contributed by atoms with Crippen LogP contribution < -0.4 is 5.48 Å². The third-order valence-electron chi connectivity index (χ3n) is 2.88. The molecule has 1 aliphatic heterocycles. The van der Waals surface area contributed by atoms with Gasteiger partial charge in [-0.2, -0.15) is 5.48 Å². The maximum atomic E-state index is 8.16. The van der Waals surface area contributed by atoms with Gasteiger partial charge in [-0.1, -0.05) is 0 Å². The molecule has 0 saturated heterocycles. The second-order valence-electron chi connectivity index (χ2n) is 4.03. The molecule has 94 valence electrons. The van der Waals surface area contributed by atoms with Gasteiger partial charge in [-0.05, 0) is 27.5 Å². The Labute approximate surface area is 102 Å². The number of aliphatic imine (C=N–C) groups is 1. The lowest BCUT2D eigenvalue weighted by Gasteiger charge is -2.20. The molecule has 0 radical (unpaired) electrons. The van der Waals surface area contributed by atoms with Crippen LogP contribution >= 0.6 is 0 Å². The summed E-state index contributed by atoms with van der Waals surface area (Å²) in [6.07, 6.45) is 1.57. The molecule has 1 unspecified atom stereocenters. The first kappa shape index (κ1) is 13.4. The minimum Gasteiger partial charge on any atom is -0.416 e. The van der Waals surface area contributed by atoms with Crippen molar-refractivity contribution in [3.8, 4) is 0 Å². The summed E-state index contributed by atoms with van der Waals surface area (Å²) in [4.78, 5) is 11.0. The summed E-state index contributed by atoms with van der Waals surface area (Å²) >= 11 is 0. The van der Waals surface area contributed by atoms with Gasteiger partial charge >= 0.3 is 0 Å². The number of nitrogens with zero attached hydrogens (tertiary/aromatic N) is 2. The van der Waals surface area contributed by atoms with E-state index in [9.17, 15) is 0 Å². The van der Waals surface area contributed by atoms with Gasteiger partial charge in [0, 0.05) is 24.7 Å². The maximum absolute atomic E-state index is 8.16. The van der Waals surface area contributed by atoms with Crippen LogP contribution in [0.1, 0.15) is 20.8 Å². The zero-order valence-electron chi connectivity index (χ0n) is 10.9. The lowest BCUT2D eigenvalue weighted by molar-refractivity contribution is 0.146. The van der Waals surface area contributed by atoms with E-state index in [-0.39, 0.29) is 6.04 Å². The fraction of sp³-hybridized carbons (Fsp3) is 0.500. The Morgan fingerprint density at radius 2 is 2.35 bits per heavy atom. The average molecular weight is 236 g/mol. The molecule has 1 heterocycles. The first-order valence-electron chi connectivity index (χ1n) is 5.62. The first-order valence-corrected chi connectivity index (χ1v) is 5.62. The highest BCUT2D eigenvalue weighted by Crippen LogP contribution is 2.19. The lowest BCUT2D eigenvalue weighted by Crippen LogP contribution is -2.25. The van der Waals surface area contributed by atoms with E-state index >= 15 is 0 Å². The van der Waals surface area contributed by atoms with Crippen molar-refractivity contribution in [2.45, 2.75) is 26.8 Å². The zero-order valence-corrected chi connectivity index (χ0v) is 10.9. The molecule has 0 bridgehead atoms. The monoisotopic (exact) mass is 236 g/mol. The van der Waals surface area contributed by atoms with Crippen LogP contribution in [0.3, 0.4) is 0 Å². The van der Waals surface area contributed by atoms with Crippen molar-refractivity contribution < 1.29 is 4.84 Å². The molecule has 5 heteroatoms. The second-order valence-corrected chi connectivity index (χ2v) is 4.03. The van der Waals surface area contributed by atoms with Gasteiger partial charge in [-0.3, -0.25) is 0 Å². The van der Waals surface area contributed by atoms with Crippen molar-refractivity contribution in [1.82, 2.24) is 10.4 Å². The minimum atomic E-state index is 0.0236. The van der Waals surface area contributed by atoms with Crippen LogP contribution in [0.2, 0.25) is 0 Å². The smallest absolute Gasteiger partial charge is 0.132 e. The van der Waals surface area contributed by atoms with Crippen molar-refractivity contribution in [3.05, 3.63) is 23.2 Å². The Morgan fingerprint density at radius 3 is 2.76 bits per heavy atom. The topological polar surface area (TPSA) is 60.7 Å². The van der Waals surface area contributed by atoms with Crippen LogP contribution in [0.25, 0.3) is 0 Å². The molecule has 0 saturated carbocycles. The predicted octanol–water partition coefficient (Wildman–Crippen LogP) is 1.70. The molecule has 0 aromatic rings. The molecule has 0 spiro atoms. The van der Waals surface area contributed by atoms with Crippen molar-refractivity contribution in [1.29, 1.82) is 5.41 Å². The highest BCUT2D eigenvalue weighted by atomic mass is 16.6. The molecule has 1 aliphatic rings. The van der Waals surface area contributed by atoms with Gasteiger partial charge in [-0.25, -0.2) is 4.99 Å². The van der Waals surface area contributed by atoms with Gasteiger partial charge in [-0.15, -0.1) is 0 Å². The molecular formula is C12H20N4O. The quantitative estimate of drug-likeness (QED) is 0.714. The molecule has 0 fully saturated rings. The van der Waals surface area contributed by atoms with Gasteiger partial charge in [0.25, 0.3) is 0 Å². The van der Waals surface area contributed by atoms with E-state index in [1.165, 1.54) is 0 Å². The van der Waals surface area contributed by atoms with E-state index in [1.54, 1.807) is 6.26 Å². The van der Waals surface area contributed by atoms with Crippen molar-refractivity contribution in [3.63, 3.8) is 0 Å². The fourth-order valence-electron chi connectivity index (χ4n) is 1.64. The summed E-state index contributed by atoms with van der Waals surface area (Å²) in [6, 6.07) is 0.0236. The van der Waals surface area contributed by atoms with Crippen LogP contribution in [-0.4, -0.2) is 37.0 Å². The molecule has 0 amide bonds. The summed E-state index contributed by atoms with van der Waals surface area (Å²) in [5.74, 6) is 0.734. The number of hydroxylamine groups is 1. The van der Waals surface area contributed by atoms with E-state index in [1.807, 2.05) is 32.7 Å². The lowest BCUT2D eigenvalue weighted by atomic mass is 10.00. The molecule has 0 aromatic carbocycles. The van der Waals surface area contributed by atoms with Gasteiger partial charge in [0.1, 0.15) is 12.1 Å². The van der Waals surface area contributed by atoms with Gasteiger partial charge in [0.05, 0.1) is 11.8 Å². The highest BCUT2D eigenvalue weighted by molar-refractivity contribution is 6.11. The highest BCUT2D eigenvalue weighted by Gasteiger charge is 2.22. The van der Waals surface area contributed by atoms with Crippen LogP contribution in [0.15, 0.2) is 28.2 Å². The molecule has 0 aliphatic carbocycles. The Kier molecular flexibility index (Phi) is 4.45. The van der Waals surface area contributed by atoms with E-state index in [0.29, 0.717) is 5.71 Å². The summed E-state index contributed by atoms with van der Waals surface area (Å²) in [5.41, 5.74) is 4.85. The van der Waals surface area contributed by atoms with Crippen LogP contribution in [0.5, 0.6) is 0 Å². The van der Waals surface area contributed by atoms with E-state index in [2.05, 4.69) is 17.2 Å². The molecule has 1 atom stereocenters. The van der Waals surface area contributed by atoms with Crippen molar-refractivity contribution in [2.75, 3.05) is 13.6 Å². The average Bonchev–Trinajstić information content (AvgIpc) is 2.74. The predicted molar refractivity (Wildman–Crippen MR) is 70.0 cm³/mol. The number of hydrogen-bond acceptors (Lipinski definition) is 5. The first-order chi connectivity index (χ1) is 8.02. The van der Waals surface area contributed by atoms with E-state index < -0.39 is 0 Å². The zero-order chi connectivity index (χ0) is 13.0. The number of allylic oxidation sites excluding steroid dienone is 1. The van der Waals surface area contributed by atoms with Crippen LogP contribution in [-0.2, 0) is 4.84 Å². The molecule has 0 aromatic heterocycles. The van der Waals surface area contributed by atoms with E-state index in [4.69, 9.17) is 10.2 Å². The molecule has 2 N–H and O–H groups in total. The Bertz CT molecular complexity index is 384. The Balaban J connectivity index is 3.01. The SMILES string of the molecule is C=N/C(=C(/C)C(=N)C1=CONC1C)N(C)CC. The number of nitrogens with one attached hydrogen (secondary N) is 2. The van der Waals surface area contributed by atoms with Crippen LogP contribution in [0.4, 0.5) is 0 Å². The van der Waals surface area contributed by atoms with Crippen molar-refractivity contribution >= 4 is 12.4 Å². The van der Waals surface area contributed by atoms with Crippen molar-refractivity contribution in [2.24, 2.45) is 4.99 Å². The van der Waals surface area contributed by atoms with Gasteiger partial charge < -0.3 is 15.1 Å². The van der Waals surface area contributed by atoms with E-state index in [0.717, 1.165) is 23.5 Å². The fourth-order valence-corrected chi connectivity index (χ4v) is 1.64. The summed E-state index contributed by atoms with van der Waals surface area (Å²) in [5, 5.41) is 8.16. The summed E-state index contributed by atoms with van der Waals surface area (Å²) in [6.45, 7) is 10.2. The summed E-state index contributed by atoms with van der Waals surface area (Å²) < 4.78 is 0. The standard InChI is InChI=1S/C12H20N4O/c1-6-16(5)12(14-4)8(2)11(13)10-7-17-15-9(10)3/h7,9,13,15H,4,6H2,1-3,5H3/b12-8+,13-11?. The van der Waals surface area contributed by atoms with Gasteiger partial charge in [0.15, 0.2) is 0 Å². The third-order valence-corrected chi connectivity index (χ3v) is 2.88. The Hall–Kier alpha value is -1.62. The molecule has 5 nitrogen and oxygen atoms in total. The third kappa shape index (κ3) is 2.74. The normalized spacial score (nSPS) is 20.2.